The molecule has 41 heavy (non-hydrogen) atoms. The van der Waals surface area contributed by atoms with E-state index in [-0.39, 0.29) is 29.4 Å². The number of nitrogens with zero attached hydrogens (tertiary/aromatic N) is 4. The van der Waals surface area contributed by atoms with E-state index in [1.807, 2.05) is 85.0 Å². The van der Waals surface area contributed by atoms with Gasteiger partial charge in [-0.1, -0.05) is 29.8 Å². The first-order valence-electron chi connectivity index (χ1n) is 13.8. The van der Waals surface area contributed by atoms with Crippen molar-refractivity contribution in [2.75, 3.05) is 16.4 Å². The molecule has 8 heteroatoms. The van der Waals surface area contributed by atoms with Crippen molar-refractivity contribution >= 4 is 34.8 Å². The Balaban J connectivity index is 1.33. The molecule has 1 aliphatic rings. The van der Waals surface area contributed by atoms with Crippen LogP contribution in [0.3, 0.4) is 0 Å². The van der Waals surface area contributed by atoms with Crippen molar-refractivity contribution in [1.82, 2.24) is 9.55 Å². The molecule has 0 saturated heterocycles. The number of rotatable bonds is 8. The summed E-state index contributed by atoms with van der Waals surface area (Å²) in [6.07, 6.45) is 6.95. The molecule has 0 aliphatic carbocycles. The first-order valence-corrected chi connectivity index (χ1v) is 14.2. The van der Waals surface area contributed by atoms with Crippen LogP contribution in [0.2, 0.25) is 5.02 Å². The van der Waals surface area contributed by atoms with Crippen LogP contribution in [0.25, 0.3) is 0 Å². The average Bonchev–Trinajstić information content (AvgIpc) is 3.51. The van der Waals surface area contributed by atoms with Crippen molar-refractivity contribution < 1.29 is 14.3 Å². The molecule has 0 spiro atoms. The third-order valence-electron chi connectivity index (χ3n) is 7.82. The normalized spacial score (nSPS) is 16.7. The molecule has 1 aromatic heterocycles. The predicted molar refractivity (Wildman–Crippen MR) is 163 cm³/mol. The molecule has 1 aliphatic heterocycles. The molecule has 2 heterocycles. The van der Waals surface area contributed by atoms with Crippen LogP contribution < -0.4 is 14.5 Å². The Morgan fingerprint density at radius 3 is 2.41 bits per heavy atom. The summed E-state index contributed by atoms with van der Waals surface area (Å²) in [5.41, 5.74) is 2.98. The number of imidazole rings is 1. The first kappa shape index (κ1) is 28.4. The highest BCUT2D eigenvalue weighted by molar-refractivity contribution is 6.30. The Morgan fingerprint density at radius 1 is 1.05 bits per heavy atom. The Kier molecular flexibility index (Phi) is 8.18. The second kappa shape index (κ2) is 11.8. The van der Waals surface area contributed by atoms with Gasteiger partial charge in [0.05, 0.1) is 19.0 Å². The largest absolute Gasteiger partial charge is 0.494 e. The summed E-state index contributed by atoms with van der Waals surface area (Å²) in [7, 11) is 0. The van der Waals surface area contributed by atoms with Crippen LogP contribution in [0, 0.1) is 0 Å². The lowest BCUT2D eigenvalue weighted by atomic mass is 9.89. The van der Waals surface area contributed by atoms with Gasteiger partial charge >= 0.3 is 0 Å². The minimum Gasteiger partial charge on any atom is -0.494 e. The van der Waals surface area contributed by atoms with Crippen LogP contribution in [0.5, 0.6) is 5.75 Å². The zero-order valence-electron chi connectivity index (χ0n) is 23.8. The van der Waals surface area contributed by atoms with Crippen LogP contribution >= 0.6 is 11.6 Å². The molecule has 3 aromatic carbocycles. The molecule has 2 amide bonds. The molecule has 0 N–H and O–H groups in total. The van der Waals surface area contributed by atoms with Crippen molar-refractivity contribution in [3.63, 3.8) is 0 Å². The molecule has 4 aromatic rings. The summed E-state index contributed by atoms with van der Waals surface area (Å²) in [4.78, 5) is 34.5. The van der Waals surface area contributed by atoms with Crippen LogP contribution in [0.15, 0.2) is 91.5 Å². The van der Waals surface area contributed by atoms with Gasteiger partial charge in [-0.3, -0.25) is 9.59 Å². The number of aromatic nitrogens is 2. The lowest BCUT2D eigenvalue weighted by Crippen LogP contribution is -2.47. The van der Waals surface area contributed by atoms with Crippen molar-refractivity contribution in [2.24, 2.45) is 0 Å². The molecule has 5 rings (SSSR count). The summed E-state index contributed by atoms with van der Waals surface area (Å²) < 4.78 is 8.08. The maximum absolute atomic E-state index is 13.9. The van der Waals surface area contributed by atoms with E-state index in [1.54, 1.807) is 30.2 Å². The van der Waals surface area contributed by atoms with Gasteiger partial charge in [-0.25, -0.2) is 4.98 Å². The van der Waals surface area contributed by atoms with Gasteiger partial charge in [-0.05, 0) is 87.4 Å². The fraction of sp³-hybridized carbons (Fsp3) is 0.303. The van der Waals surface area contributed by atoms with E-state index in [9.17, 15) is 9.59 Å². The molecule has 2 atom stereocenters. The van der Waals surface area contributed by atoms with Crippen LogP contribution in [-0.2, 0) is 10.3 Å². The summed E-state index contributed by atoms with van der Waals surface area (Å²) in [6.45, 7) is 8.43. The number of carbonyl (C=O) groups excluding carboxylic acids is 2. The Labute approximate surface area is 246 Å². The molecule has 0 radical (unpaired) electrons. The molecule has 0 saturated carbocycles. The number of benzene rings is 3. The van der Waals surface area contributed by atoms with Gasteiger partial charge in [0, 0.05) is 59.3 Å². The zero-order chi connectivity index (χ0) is 29.1. The monoisotopic (exact) mass is 570 g/mol. The Bertz CT molecular complexity index is 1500. The highest BCUT2D eigenvalue weighted by Gasteiger charge is 2.38. The second-order valence-electron chi connectivity index (χ2n) is 11.1. The number of hydrogen-bond acceptors (Lipinski definition) is 4. The fourth-order valence-corrected chi connectivity index (χ4v) is 5.64. The van der Waals surface area contributed by atoms with Gasteiger partial charge in [0.15, 0.2) is 0 Å². The Hall–Kier alpha value is -4.10. The number of ether oxygens (including phenoxy) is 1. The van der Waals surface area contributed by atoms with Gasteiger partial charge in [0.25, 0.3) is 5.91 Å². The second-order valence-corrected chi connectivity index (χ2v) is 11.5. The highest BCUT2D eigenvalue weighted by Crippen LogP contribution is 2.43. The van der Waals surface area contributed by atoms with Gasteiger partial charge in [0.2, 0.25) is 5.91 Å². The van der Waals surface area contributed by atoms with E-state index in [4.69, 9.17) is 16.3 Å². The fourth-order valence-electron chi connectivity index (χ4n) is 5.52. The SMILES string of the molecule is CC(=O)N(c1ccc(Cl)cc1)[C@@H]1C[C@H](C)N(C(=O)c2ccc(OCCC(C)(C)n3ccnc3)cc2)c2ccccc21. The molecule has 0 bridgehead atoms. The highest BCUT2D eigenvalue weighted by atomic mass is 35.5. The predicted octanol–water partition coefficient (Wildman–Crippen LogP) is 7.27. The first-order chi connectivity index (χ1) is 19.7. The molecule has 7 nitrogen and oxygen atoms in total. The number of amides is 2. The number of carbonyl (C=O) groups is 2. The number of fused-ring (bicyclic) bond motifs is 1. The topological polar surface area (TPSA) is 67.7 Å². The molecule has 0 unspecified atom stereocenters. The van der Waals surface area contributed by atoms with Gasteiger partial charge < -0.3 is 19.1 Å². The van der Waals surface area contributed by atoms with Crippen molar-refractivity contribution in [1.29, 1.82) is 0 Å². The molecule has 212 valence electrons. The van der Waals surface area contributed by atoms with Crippen molar-refractivity contribution in [3.8, 4) is 5.75 Å². The number of hydrogen-bond donors (Lipinski definition) is 0. The smallest absolute Gasteiger partial charge is 0.258 e. The minimum absolute atomic E-state index is 0.0666. The minimum atomic E-state index is -0.216. The number of para-hydroxylation sites is 1. The van der Waals surface area contributed by atoms with Crippen LogP contribution in [0.1, 0.15) is 62.5 Å². The number of anilines is 2. The van der Waals surface area contributed by atoms with E-state index in [2.05, 4.69) is 23.4 Å². The third-order valence-corrected chi connectivity index (χ3v) is 8.07. The van der Waals surface area contributed by atoms with E-state index < -0.39 is 0 Å². The molecule has 0 fully saturated rings. The van der Waals surface area contributed by atoms with Crippen molar-refractivity contribution in [2.45, 2.75) is 58.2 Å². The summed E-state index contributed by atoms with van der Waals surface area (Å²) in [5.74, 6) is 0.565. The maximum Gasteiger partial charge on any atom is 0.258 e. The van der Waals surface area contributed by atoms with E-state index in [1.165, 1.54) is 0 Å². The number of halogens is 1. The summed E-state index contributed by atoms with van der Waals surface area (Å²) in [5, 5.41) is 0.612. The van der Waals surface area contributed by atoms with Crippen LogP contribution in [-0.4, -0.2) is 34.0 Å². The standard InChI is InChI=1S/C33H35ClN4O3/c1-23-21-31(38(24(2)39)27-13-11-26(34)12-14-27)29-7-5-6-8-30(29)37(23)32(40)25-9-15-28(16-10-25)41-20-17-33(3,4)36-19-18-35-22-36/h5-16,18-19,22-23,31H,17,20-21H2,1-4H3/t23-,31+/m0/s1. The summed E-state index contributed by atoms with van der Waals surface area (Å²) in [6, 6.07) is 22.1. The molecular formula is C33H35ClN4O3. The molecular weight excluding hydrogens is 536 g/mol. The van der Waals surface area contributed by atoms with E-state index >= 15 is 0 Å². The van der Waals surface area contributed by atoms with Gasteiger partial charge in [-0.2, -0.15) is 0 Å². The van der Waals surface area contributed by atoms with E-state index in [0.29, 0.717) is 23.6 Å². The average molecular weight is 571 g/mol. The van der Waals surface area contributed by atoms with E-state index in [0.717, 1.165) is 29.1 Å². The Morgan fingerprint density at radius 2 is 1.76 bits per heavy atom. The lowest BCUT2D eigenvalue weighted by Gasteiger charge is -2.43. The van der Waals surface area contributed by atoms with Gasteiger partial charge in [0.1, 0.15) is 5.75 Å². The van der Waals surface area contributed by atoms with Crippen molar-refractivity contribution in [3.05, 3.63) is 108 Å². The third kappa shape index (κ3) is 6.00. The van der Waals surface area contributed by atoms with Gasteiger partial charge in [-0.15, -0.1) is 0 Å². The lowest BCUT2D eigenvalue weighted by molar-refractivity contribution is -0.117. The summed E-state index contributed by atoms with van der Waals surface area (Å²) >= 11 is 6.11. The zero-order valence-corrected chi connectivity index (χ0v) is 24.6. The van der Waals surface area contributed by atoms with Crippen LogP contribution in [0.4, 0.5) is 11.4 Å². The quantitative estimate of drug-likeness (QED) is 0.223. The maximum atomic E-state index is 13.9.